The molecule has 2 heterocycles. The van der Waals surface area contributed by atoms with E-state index >= 15 is 0 Å². The zero-order valence-electron chi connectivity index (χ0n) is 17.2. The highest BCUT2D eigenvalue weighted by Gasteiger charge is 2.23. The summed E-state index contributed by atoms with van der Waals surface area (Å²) in [5.74, 6) is -1.01. The lowest BCUT2D eigenvalue weighted by Gasteiger charge is -2.18. The topological polar surface area (TPSA) is 114 Å². The second-order valence-electron chi connectivity index (χ2n) is 7.43. The third-order valence-corrected chi connectivity index (χ3v) is 6.14. The van der Waals surface area contributed by atoms with Crippen LogP contribution < -0.4 is 21.1 Å². The quantitative estimate of drug-likeness (QED) is 0.583. The Kier molecular flexibility index (Phi) is 7.89. The van der Waals surface area contributed by atoms with E-state index in [1.807, 2.05) is 18.2 Å². The van der Waals surface area contributed by atoms with Crippen molar-refractivity contribution in [2.24, 2.45) is 5.73 Å². The van der Waals surface area contributed by atoms with E-state index in [0.29, 0.717) is 15.1 Å². The number of nitrogens with zero attached hydrogens (tertiary/aromatic N) is 1. The van der Waals surface area contributed by atoms with Gasteiger partial charge in [0.1, 0.15) is 6.04 Å². The molecule has 4 N–H and O–H groups in total. The van der Waals surface area contributed by atoms with Gasteiger partial charge in [0.15, 0.2) is 5.06 Å². The number of halogens is 1. The lowest BCUT2D eigenvalue weighted by molar-refractivity contribution is -0.119. The van der Waals surface area contributed by atoms with Crippen LogP contribution in [0.1, 0.15) is 24.0 Å². The molecule has 1 atom stereocenters. The Bertz CT molecular complexity index is 965. The number of anilines is 1. The van der Waals surface area contributed by atoms with Crippen LogP contribution in [0, 0.1) is 0 Å². The van der Waals surface area contributed by atoms with E-state index in [2.05, 4.69) is 22.6 Å². The molecule has 1 aliphatic heterocycles. The number of rotatable bonds is 7. The monoisotopic (exact) mass is 464 g/mol. The van der Waals surface area contributed by atoms with Crippen molar-refractivity contribution in [1.29, 1.82) is 0 Å². The summed E-state index contributed by atoms with van der Waals surface area (Å²) in [5, 5.41) is 5.63. The average Bonchev–Trinajstić information content (AvgIpc) is 3.02. The number of nitrogens with two attached hydrogens (primary N) is 1. The molecule has 1 aromatic carbocycles. The van der Waals surface area contributed by atoms with Crippen molar-refractivity contribution >= 4 is 46.5 Å². The fraction of sp³-hybridized carbons (Fsp3) is 0.381. The Hall–Kier alpha value is -2.62. The molecule has 0 saturated heterocycles. The highest BCUT2D eigenvalue weighted by Crippen LogP contribution is 2.28. The van der Waals surface area contributed by atoms with Gasteiger partial charge in [-0.2, -0.15) is 0 Å². The molecule has 0 fully saturated rings. The first-order valence-corrected chi connectivity index (χ1v) is 11.1. The number of carbonyl (C=O) groups is 3. The van der Waals surface area contributed by atoms with Gasteiger partial charge in [0.05, 0.1) is 4.34 Å². The molecule has 1 aliphatic rings. The first-order valence-electron chi connectivity index (χ1n) is 9.93. The van der Waals surface area contributed by atoms with Gasteiger partial charge in [0.25, 0.3) is 0 Å². The first-order chi connectivity index (χ1) is 14.8. The van der Waals surface area contributed by atoms with Gasteiger partial charge >= 0.3 is 6.09 Å². The standard InChI is InChI=1S/C21H25ClN4O4S/c1-26-10-8-13-2-3-15(12-14(13)9-11-26)24-20(28)16(4-6-18(23)27)25-21(29)30-19-7-5-17(22)31-19/h2-3,5,7,12,16H,4,6,8-11H2,1H3,(H2,23,27)(H,24,28)(H,25,29)/t16-/m1/s1. The van der Waals surface area contributed by atoms with Crippen molar-refractivity contribution in [3.63, 3.8) is 0 Å². The van der Waals surface area contributed by atoms with Crippen LogP contribution in [-0.4, -0.2) is 49.0 Å². The number of carbonyl (C=O) groups excluding carboxylic acids is 3. The molecular formula is C21H25ClN4O4S. The van der Waals surface area contributed by atoms with Gasteiger partial charge in [0.2, 0.25) is 11.8 Å². The van der Waals surface area contributed by atoms with E-state index in [4.69, 9.17) is 22.1 Å². The predicted molar refractivity (Wildman–Crippen MR) is 121 cm³/mol. The average molecular weight is 465 g/mol. The molecule has 3 amide bonds. The zero-order valence-corrected chi connectivity index (χ0v) is 18.7. The molecule has 0 radical (unpaired) electrons. The molecule has 0 bridgehead atoms. The lowest BCUT2D eigenvalue weighted by Crippen LogP contribution is -2.45. The molecule has 166 valence electrons. The molecule has 10 heteroatoms. The Morgan fingerprint density at radius 2 is 1.94 bits per heavy atom. The van der Waals surface area contributed by atoms with Gasteiger partial charge < -0.3 is 26.0 Å². The van der Waals surface area contributed by atoms with Gasteiger partial charge in [-0.05, 0) is 61.7 Å². The van der Waals surface area contributed by atoms with Crippen LogP contribution in [0.15, 0.2) is 30.3 Å². The summed E-state index contributed by atoms with van der Waals surface area (Å²) < 4.78 is 5.63. The zero-order chi connectivity index (χ0) is 22.4. The highest BCUT2D eigenvalue weighted by atomic mass is 35.5. The summed E-state index contributed by atoms with van der Waals surface area (Å²) >= 11 is 6.92. The minimum atomic E-state index is -0.986. The minimum absolute atomic E-state index is 0.0528. The number of primary amides is 1. The third kappa shape index (κ3) is 6.95. The molecule has 31 heavy (non-hydrogen) atoms. The van der Waals surface area contributed by atoms with E-state index < -0.39 is 23.9 Å². The Morgan fingerprint density at radius 3 is 2.61 bits per heavy atom. The number of amides is 3. The van der Waals surface area contributed by atoms with E-state index in [0.717, 1.165) is 37.3 Å². The van der Waals surface area contributed by atoms with Crippen LogP contribution in [0.4, 0.5) is 10.5 Å². The fourth-order valence-corrected chi connectivity index (χ4v) is 4.19. The van der Waals surface area contributed by atoms with Gasteiger partial charge in [-0.15, -0.1) is 0 Å². The van der Waals surface area contributed by atoms with E-state index in [9.17, 15) is 14.4 Å². The molecule has 8 nitrogen and oxygen atoms in total. The maximum atomic E-state index is 12.8. The summed E-state index contributed by atoms with van der Waals surface area (Å²) in [7, 11) is 2.09. The van der Waals surface area contributed by atoms with Crippen LogP contribution in [-0.2, 0) is 22.4 Å². The molecule has 2 aromatic rings. The first kappa shape index (κ1) is 23.1. The summed E-state index contributed by atoms with van der Waals surface area (Å²) in [5.41, 5.74) is 8.32. The fourth-order valence-electron chi connectivity index (χ4n) is 3.32. The smallest absolute Gasteiger partial charge is 0.399 e. The number of hydrogen-bond donors (Lipinski definition) is 3. The highest BCUT2D eigenvalue weighted by molar-refractivity contribution is 7.17. The lowest BCUT2D eigenvalue weighted by atomic mass is 10.0. The number of benzene rings is 1. The number of nitrogens with one attached hydrogen (secondary N) is 2. The van der Waals surface area contributed by atoms with Crippen molar-refractivity contribution in [3.8, 4) is 5.06 Å². The molecular weight excluding hydrogens is 440 g/mol. The van der Waals surface area contributed by atoms with Crippen molar-refractivity contribution in [2.45, 2.75) is 31.7 Å². The Labute approximate surface area is 189 Å². The minimum Gasteiger partial charge on any atom is -0.399 e. The molecule has 3 rings (SSSR count). The Morgan fingerprint density at radius 1 is 1.19 bits per heavy atom. The second kappa shape index (κ2) is 10.6. The van der Waals surface area contributed by atoms with Gasteiger partial charge in [-0.3, -0.25) is 9.59 Å². The SMILES string of the molecule is CN1CCc2ccc(NC(=O)[C@@H](CCC(N)=O)NC(=O)Oc3ccc(Cl)s3)cc2CC1. The Balaban J connectivity index is 1.66. The maximum absolute atomic E-state index is 12.8. The van der Waals surface area contributed by atoms with Crippen molar-refractivity contribution in [1.82, 2.24) is 10.2 Å². The van der Waals surface area contributed by atoms with Crippen molar-refractivity contribution in [2.75, 3.05) is 25.5 Å². The normalized spacial score (nSPS) is 14.8. The van der Waals surface area contributed by atoms with Crippen LogP contribution in [0.2, 0.25) is 4.34 Å². The number of thiophene rings is 1. The van der Waals surface area contributed by atoms with Crippen LogP contribution in [0.5, 0.6) is 5.06 Å². The third-order valence-electron chi connectivity index (χ3n) is 5.03. The van der Waals surface area contributed by atoms with Gasteiger partial charge in [-0.1, -0.05) is 29.0 Å². The number of fused-ring (bicyclic) bond motifs is 1. The molecule has 1 aromatic heterocycles. The second-order valence-corrected chi connectivity index (χ2v) is 9.10. The molecule has 0 unspecified atom stereocenters. The van der Waals surface area contributed by atoms with Crippen molar-refractivity contribution < 1.29 is 19.1 Å². The number of likely N-dealkylation sites (N-methyl/N-ethyl adjacent to an activating group) is 1. The van der Waals surface area contributed by atoms with Crippen LogP contribution in [0.3, 0.4) is 0 Å². The maximum Gasteiger partial charge on any atom is 0.414 e. The molecule has 0 spiro atoms. The molecule has 0 saturated carbocycles. The molecule has 0 aliphatic carbocycles. The summed E-state index contributed by atoms with van der Waals surface area (Å²) in [6, 6.07) is 7.99. The largest absolute Gasteiger partial charge is 0.414 e. The van der Waals surface area contributed by atoms with E-state index in [1.54, 1.807) is 12.1 Å². The van der Waals surface area contributed by atoms with E-state index in [1.165, 1.54) is 11.1 Å². The number of ether oxygens (including phenoxy) is 1. The van der Waals surface area contributed by atoms with Gasteiger partial charge in [0, 0.05) is 25.2 Å². The summed E-state index contributed by atoms with van der Waals surface area (Å²) in [4.78, 5) is 38.6. The summed E-state index contributed by atoms with van der Waals surface area (Å²) in [6.45, 7) is 1.95. The van der Waals surface area contributed by atoms with Crippen LogP contribution in [0.25, 0.3) is 0 Å². The number of hydrogen-bond acceptors (Lipinski definition) is 6. The van der Waals surface area contributed by atoms with Crippen LogP contribution >= 0.6 is 22.9 Å². The van der Waals surface area contributed by atoms with Crippen molar-refractivity contribution in [3.05, 3.63) is 45.8 Å². The summed E-state index contributed by atoms with van der Waals surface area (Å²) in [6.07, 6.45) is 1.04. The van der Waals surface area contributed by atoms with E-state index in [-0.39, 0.29) is 12.8 Å². The van der Waals surface area contributed by atoms with Gasteiger partial charge in [-0.25, -0.2) is 4.79 Å². The predicted octanol–water partition coefficient (Wildman–Crippen LogP) is 2.79.